The Hall–Kier alpha value is -1.09. The lowest BCUT2D eigenvalue weighted by Crippen LogP contribution is -2.39. The standard InChI is InChI=1S/C6H10N2O3S/c1-6(2,12(3,10)11)5(4-7)8-9/h9H,1-3H3/b8-5+. The van der Waals surface area contributed by atoms with Crippen LogP contribution >= 0.6 is 0 Å². The molecule has 5 nitrogen and oxygen atoms in total. The van der Waals surface area contributed by atoms with Crippen LogP contribution in [0.5, 0.6) is 0 Å². The summed E-state index contributed by atoms with van der Waals surface area (Å²) in [6.45, 7) is 2.61. The van der Waals surface area contributed by atoms with Gasteiger partial charge < -0.3 is 5.21 Å². The van der Waals surface area contributed by atoms with Crippen LogP contribution in [0, 0.1) is 11.3 Å². The molecule has 0 aliphatic carbocycles. The molecule has 0 aromatic heterocycles. The molecule has 0 aliphatic rings. The third-order valence-electron chi connectivity index (χ3n) is 1.70. The summed E-state index contributed by atoms with van der Waals surface area (Å²) in [7, 11) is -3.44. The second kappa shape index (κ2) is 3.11. The highest BCUT2D eigenvalue weighted by Crippen LogP contribution is 2.16. The molecule has 0 saturated carbocycles. The topological polar surface area (TPSA) is 90.5 Å². The van der Waals surface area contributed by atoms with Gasteiger partial charge in [-0.2, -0.15) is 5.26 Å². The molecule has 0 bridgehead atoms. The third kappa shape index (κ3) is 1.74. The largest absolute Gasteiger partial charge is 0.410 e. The van der Waals surface area contributed by atoms with E-state index < -0.39 is 20.3 Å². The smallest absolute Gasteiger partial charge is 0.177 e. The third-order valence-corrected chi connectivity index (χ3v) is 3.75. The molecule has 12 heavy (non-hydrogen) atoms. The molecule has 68 valence electrons. The van der Waals surface area contributed by atoms with Crippen molar-refractivity contribution in [3.8, 4) is 6.07 Å². The zero-order valence-electron chi connectivity index (χ0n) is 7.07. The average Bonchev–Trinajstić information content (AvgIpc) is 1.87. The van der Waals surface area contributed by atoms with Crippen LogP contribution in [0.2, 0.25) is 0 Å². The highest BCUT2D eigenvalue weighted by atomic mass is 32.2. The second-order valence-electron chi connectivity index (χ2n) is 2.84. The Labute approximate surface area is 71.2 Å². The molecule has 0 aromatic rings. The van der Waals surface area contributed by atoms with E-state index in [1.807, 2.05) is 0 Å². The SMILES string of the molecule is CC(C)(/C(C#N)=N/O)S(C)(=O)=O. The van der Waals surface area contributed by atoms with Crippen molar-refractivity contribution in [1.29, 1.82) is 5.26 Å². The fourth-order valence-electron chi connectivity index (χ4n) is 0.453. The molecule has 0 atom stereocenters. The molecule has 1 N–H and O–H groups in total. The Morgan fingerprint density at radius 3 is 2.08 bits per heavy atom. The Kier molecular flexibility index (Phi) is 2.83. The monoisotopic (exact) mass is 190 g/mol. The normalized spacial score (nSPS) is 14.0. The molecular weight excluding hydrogens is 180 g/mol. The van der Waals surface area contributed by atoms with E-state index in [1.54, 1.807) is 0 Å². The van der Waals surface area contributed by atoms with E-state index >= 15 is 0 Å². The maximum Gasteiger partial charge on any atom is 0.177 e. The van der Waals surface area contributed by atoms with Crippen molar-refractivity contribution in [3.63, 3.8) is 0 Å². The van der Waals surface area contributed by atoms with Gasteiger partial charge in [0.2, 0.25) is 0 Å². The maximum absolute atomic E-state index is 11.1. The average molecular weight is 190 g/mol. The summed E-state index contributed by atoms with van der Waals surface area (Å²) in [6.07, 6.45) is 0.982. The number of rotatable bonds is 2. The molecule has 0 aliphatic heterocycles. The molecule has 0 spiro atoms. The highest BCUT2D eigenvalue weighted by Gasteiger charge is 2.36. The molecule has 6 heteroatoms. The second-order valence-corrected chi connectivity index (χ2v) is 5.41. The summed E-state index contributed by atoms with van der Waals surface area (Å²) >= 11 is 0. The van der Waals surface area contributed by atoms with E-state index in [1.165, 1.54) is 19.9 Å². The Morgan fingerprint density at radius 2 is 2.00 bits per heavy atom. The lowest BCUT2D eigenvalue weighted by Gasteiger charge is -2.18. The molecule has 0 amide bonds. The van der Waals surface area contributed by atoms with E-state index in [2.05, 4.69) is 5.16 Å². The minimum absolute atomic E-state index is 0.412. The van der Waals surface area contributed by atoms with Crippen LogP contribution in [0.1, 0.15) is 13.8 Å². The first-order chi connectivity index (χ1) is 5.27. The molecule has 0 aromatic carbocycles. The zero-order valence-corrected chi connectivity index (χ0v) is 7.88. The van der Waals surface area contributed by atoms with Crippen LogP contribution in [0.3, 0.4) is 0 Å². The Morgan fingerprint density at radius 1 is 1.58 bits per heavy atom. The number of hydrogen-bond acceptors (Lipinski definition) is 5. The fraction of sp³-hybridized carbons (Fsp3) is 0.667. The van der Waals surface area contributed by atoms with Crippen molar-refractivity contribution in [3.05, 3.63) is 0 Å². The van der Waals surface area contributed by atoms with Crippen molar-refractivity contribution in [2.75, 3.05) is 6.26 Å². The first-order valence-corrected chi connectivity index (χ1v) is 4.98. The molecular formula is C6H10N2O3S. The lowest BCUT2D eigenvalue weighted by molar-refractivity contribution is 0.317. The number of sulfone groups is 1. The first kappa shape index (κ1) is 10.9. The van der Waals surface area contributed by atoms with Gasteiger partial charge in [-0.3, -0.25) is 0 Å². The van der Waals surface area contributed by atoms with Gasteiger partial charge in [0.05, 0.1) is 0 Å². The van der Waals surface area contributed by atoms with E-state index in [0.717, 1.165) is 6.26 Å². The van der Waals surface area contributed by atoms with Gasteiger partial charge in [0, 0.05) is 6.26 Å². The number of nitriles is 1. The minimum atomic E-state index is -3.44. The van der Waals surface area contributed by atoms with Crippen molar-refractivity contribution in [2.45, 2.75) is 18.6 Å². The van der Waals surface area contributed by atoms with Crippen LogP contribution in [0.25, 0.3) is 0 Å². The molecule has 0 saturated heterocycles. The van der Waals surface area contributed by atoms with E-state index in [-0.39, 0.29) is 0 Å². The van der Waals surface area contributed by atoms with Gasteiger partial charge in [-0.15, -0.1) is 0 Å². The van der Waals surface area contributed by atoms with Gasteiger partial charge in [0.15, 0.2) is 15.5 Å². The summed E-state index contributed by atoms with van der Waals surface area (Å²) in [5.41, 5.74) is -0.412. The predicted octanol–water partition coefficient (Wildman–Crippen LogP) is 0.163. The summed E-state index contributed by atoms with van der Waals surface area (Å²) in [5.74, 6) is 0. The maximum atomic E-state index is 11.1. The van der Waals surface area contributed by atoms with E-state index in [4.69, 9.17) is 10.5 Å². The molecule has 0 rings (SSSR count). The fourth-order valence-corrected chi connectivity index (χ4v) is 0.891. The summed E-state index contributed by atoms with van der Waals surface area (Å²) in [6, 6.07) is 1.52. The van der Waals surface area contributed by atoms with Gasteiger partial charge >= 0.3 is 0 Å². The molecule has 0 radical (unpaired) electrons. The van der Waals surface area contributed by atoms with Gasteiger partial charge in [-0.25, -0.2) is 8.42 Å². The number of oxime groups is 1. The minimum Gasteiger partial charge on any atom is -0.410 e. The van der Waals surface area contributed by atoms with Crippen LogP contribution in [0.15, 0.2) is 5.16 Å². The Balaban J connectivity index is 5.31. The van der Waals surface area contributed by atoms with E-state index in [0.29, 0.717) is 0 Å². The molecule has 0 heterocycles. The van der Waals surface area contributed by atoms with Crippen molar-refractivity contribution < 1.29 is 13.6 Å². The van der Waals surface area contributed by atoms with Crippen LogP contribution in [-0.2, 0) is 9.84 Å². The lowest BCUT2D eigenvalue weighted by atomic mass is 10.1. The summed E-state index contributed by atoms with van der Waals surface area (Å²) < 4.78 is 20.7. The predicted molar refractivity (Wildman–Crippen MR) is 43.8 cm³/mol. The first-order valence-electron chi connectivity index (χ1n) is 3.09. The van der Waals surface area contributed by atoms with Crippen LogP contribution in [0.4, 0.5) is 0 Å². The van der Waals surface area contributed by atoms with Gasteiger partial charge in [-0.1, -0.05) is 5.16 Å². The van der Waals surface area contributed by atoms with E-state index in [9.17, 15) is 8.42 Å². The van der Waals surface area contributed by atoms with Crippen molar-refractivity contribution in [2.24, 2.45) is 5.16 Å². The number of hydrogen-bond donors (Lipinski definition) is 1. The highest BCUT2D eigenvalue weighted by molar-refractivity contribution is 7.92. The zero-order chi connectivity index (χ0) is 9.99. The van der Waals surface area contributed by atoms with Gasteiger partial charge in [0.1, 0.15) is 10.8 Å². The summed E-state index contributed by atoms with van der Waals surface area (Å²) in [5, 5.41) is 19.4. The summed E-state index contributed by atoms with van der Waals surface area (Å²) in [4.78, 5) is 0. The van der Waals surface area contributed by atoms with Crippen LogP contribution in [-0.4, -0.2) is 30.3 Å². The van der Waals surface area contributed by atoms with Gasteiger partial charge in [-0.05, 0) is 13.8 Å². The van der Waals surface area contributed by atoms with Gasteiger partial charge in [0.25, 0.3) is 0 Å². The number of nitrogens with zero attached hydrogens (tertiary/aromatic N) is 2. The quantitative estimate of drug-likeness (QED) is 0.381. The van der Waals surface area contributed by atoms with Crippen molar-refractivity contribution in [1.82, 2.24) is 0 Å². The Bertz CT molecular complexity index is 334. The molecule has 0 fully saturated rings. The molecule has 0 unspecified atom stereocenters. The van der Waals surface area contributed by atoms with Crippen LogP contribution < -0.4 is 0 Å². The van der Waals surface area contributed by atoms with Crippen molar-refractivity contribution >= 4 is 15.5 Å².